The van der Waals surface area contributed by atoms with Gasteiger partial charge in [0.1, 0.15) is 0 Å². The summed E-state index contributed by atoms with van der Waals surface area (Å²) >= 11 is 0. The first-order valence-corrected chi connectivity index (χ1v) is 5.81. The number of rotatable bonds is 6. The fourth-order valence-electron chi connectivity index (χ4n) is 2.08. The lowest BCUT2D eigenvalue weighted by Gasteiger charge is -2.30. The molecule has 3 N–H and O–H groups in total. The number of carbonyl (C=O) groups excluding carboxylic acids is 1. The highest BCUT2D eigenvalue weighted by Gasteiger charge is 2.38. The molecule has 1 aliphatic rings. The number of nitrogens with two attached hydrogens (primary N) is 1. The zero-order chi connectivity index (χ0) is 13.0. The van der Waals surface area contributed by atoms with Crippen molar-refractivity contribution in [3.05, 3.63) is 0 Å². The van der Waals surface area contributed by atoms with Crippen molar-refractivity contribution in [2.45, 2.75) is 19.9 Å². The van der Waals surface area contributed by atoms with Crippen LogP contribution in [0.5, 0.6) is 0 Å². The average molecular weight is 244 g/mol. The van der Waals surface area contributed by atoms with Crippen LogP contribution in [-0.2, 0) is 14.3 Å². The number of nitrogens with zero attached hydrogens (tertiary/aromatic N) is 1. The third kappa shape index (κ3) is 3.41. The Morgan fingerprint density at radius 3 is 2.65 bits per heavy atom. The normalized spacial score (nSPS) is 26.1. The van der Waals surface area contributed by atoms with Gasteiger partial charge in [0.15, 0.2) is 0 Å². The molecule has 98 valence electrons. The van der Waals surface area contributed by atoms with Gasteiger partial charge in [0, 0.05) is 18.5 Å². The lowest BCUT2D eigenvalue weighted by molar-refractivity contribution is -0.143. The second kappa shape index (κ2) is 5.97. The molecule has 0 bridgehead atoms. The van der Waals surface area contributed by atoms with Gasteiger partial charge in [0.05, 0.1) is 19.1 Å². The van der Waals surface area contributed by atoms with E-state index in [1.807, 2.05) is 11.8 Å². The second-order valence-corrected chi connectivity index (χ2v) is 4.44. The van der Waals surface area contributed by atoms with Gasteiger partial charge in [-0.05, 0) is 6.54 Å². The van der Waals surface area contributed by atoms with E-state index in [9.17, 15) is 9.59 Å². The SMILES string of the molecule is CCN(CC(C)C(N)=O)C1COCC1C(=O)O. The standard InChI is InChI=1S/C11H20N2O4/c1-3-13(4-7(2)10(12)14)9-6-17-5-8(9)11(15)16/h7-9H,3-6H2,1-2H3,(H2,12,14)(H,15,16). The molecule has 0 saturated carbocycles. The predicted molar refractivity (Wildman–Crippen MR) is 61.3 cm³/mol. The number of primary amides is 1. The molecule has 0 aromatic carbocycles. The molecule has 6 heteroatoms. The predicted octanol–water partition coefficient (Wildman–Crippen LogP) is -0.471. The van der Waals surface area contributed by atoms with Gasteiger partial charge < -0.3 is 15.6 Å². The smallest absolute Gasteiger partial charge is 0.310 e. The summed E-state index contributed by atoms with van der Waals surface area (Å²) in [6, 6.07) is -0.167. The van der Waals surface area contributed by atoms with Crippen molar-refractivity contribution in [1.82, 2.24) is 4.90 Å². The number of carboxylic acids is 1. The minimum atomic E-state index is -0.849. The molecule has 3 unspecified atom stereocenters. The third-order valence-electron chi connectivity index (χ3n) is 3.24. The number of hydrogen-bond acceptors (Lipinski definition) is 4. The molecule has 1 amide bonds. The molecule has 1 heterocycles. The van der Waals surface area contributed by atoms with Gasteiger partial charge in [-0.25, -0.2) is 0 Å². The number of carboxylic acid groups (broad SMARTS) is 1. The maximum atomic E-state index is 11.1. The van der Waals surface area contributed by atoms with Gasteiger partial charge >= 0.3 is 5.97 Å². The van der Waals surface area contributed by atoms with E-state index in [-0.39, 0.29) is 24.5 Å². The van der Waals surface area contributed by atoms with Gasteiger partial charge in [-0.3, -0.25) is 14.5 Å². The lowest BCUT2D eigenvalue weighted by Crippen LogP contribution is -2.46. The summed E-state index contributed by atoms with van der Waals surface area (Å²) in [4.78, 5) is 24.0. The first kappa shape index (κ1) is 13.9. The molecule has 0 spiro atoms. The number of likely N-dealkylation sites (N-methyl/N-ethyl adjacent to an activating group) is 1. The van der Waals surface area contributed by atoms with Crippen LogP contribution in [0.3, 0.4) is 0 Å². The van der Waals surface area contributed by atoms with Crippen LogP contribution in [0.2, 0.25) is 0 Å². The van der Waals surface area contributed by atoms with Crippen LogP contribution in [-0.4, -0.2) is 54.2 Å². The minimum Gasteiger partial charge on any atom is -0.481 e. The summed E-state index contributed by atoms with van der Waals surface area (Å²) in [7, 11) is 0. The van der Waals surface area contributed by atoms with Crippen LogP contribution in [0.15, 0.2) is 0 Å². The number of amides is 1. The van der Waals surface area contributed by atoms with E-state index in [0.29, 0.717) is 19.7 Å². The van der Waals surface area contributed by atoms with Crippen molar-refractivity contribution in [3.63, 3.8) is 0 Å². The average Bonchev–Trinajstić information content (AvgIpc) is 2.73. The molecule has 0 aromatic rings. The Hall–Kier alpha value is -1.14. The van der Waals surface area contributed by atoms with Crippen LogP contribution in [0.1, 0.15) is 13.8 Å². The van der Waals surface area contributed by atoms with Crippen LogP contribution in [0.25, 0.3) is 0 Å². The molecule has 1 saturated heterocycles. The number of ether oxygens (including phenoxy) is 1. The van der Waals surface area contributed by atoms with Gasteiger partial charge in [-0.1, -0.05) is 13.8 Å². The summed E-state index contributed by atoms with van der Waals surface area (Å²) in [5, 5.41) is 9.07. The maximum absolute atomic E-state index is 11.1. The molecule has 1 aliphatic heterocycles. The van der Waals surface area contributed by atoms with E-state index in [1.165, 1.54) is 0 Å². The summed E-state index contributed by atoms with van der Waals surface area (Å²) in [5.41, 5.74) is 5.22. The fourth-order valence-corrected chi connectivity index (χ4v) is 2.08. The Balaban J connectivity index is 2.66. The Bertz CT molecular complexity index is 295. The highest BCUT2D eigenvalue weighted by molar-refractivity contribution is 5.76. The summed E-state index contributed by atoms with van der Waals surface area (Å²) in [6.45, 7) is 5.47. The van der Waals surface area contributed by atoms with E-state index in [1.54, 1.807) is 6.92 Å². The second-order valence-electron chi connectivity index (χ2n) is 4.44. The van der Waals surface area contributed by atoms with Crippen molar-refractivity contribution in [3.8, 4) is 0 Å². The molecule has 1 rings (SSSR count). The molecule has 6 nitrogen and oxygen atoms in total. The molecular formula is C11H20N2O4. The highest BCUT2D eigenvalue weighted by Crippen LogP contribution is 2.20. The Kier molecular flexibility index (Phi) is 4.89. The van der Waals surface area contributed by atoms with Crippen LogP contribution >= 0.6 is 0 Å². The van der Waals surface area contributed by atoms with Crippen molar-refractivity contribution < 1.29 is 19.4 Å². The number of aliphatic carboxylic acids is 1. The molecular weight excluding hydrogens is 224 g/mol. The monoisotopic (exact) mass is 244 g/mol. The molecule has 3 atom stereocenters. The fraction of sp³-hybridized carbons (Fsp3) is 0.818. The van der Waals surface area contributed by atoms with E-state index in [4.69, 9.17) is 15.6 Å². The highest BCUT2D eigenvalue weighted by atomic mass is 16.5. The topological polar surface area (TPSA) is 92.9 Å². The van der Waals surface area contributed by atoms with Gasteiger partial charge in [-0.15, -0.1) is 0 Å². The minimum absolute atomic E-state index is 0.167. The van der Waals surface area contributed by atoms with Crippen molar-refractivity contribution >= 4 is 11.9 Å². The summed E-state index contributed by atoms with van der Waals surface area (Å²) in [6.07, 6.45) is 0. The van der Waals surface area contributed by atoms with Crippen molar-refractivity contribution in [2.24, 2.45) is 17.6 Å². The van der Waals surface area contributed by atoms with Gasteiger partial charge in [0.2, 0.25) is 5.91 Å². The van der Waals surface area contributed by atoms with Gasteiger partial charge in [-0.2, -0.15) is 0 Å². The van der Waals surface area contributed by atoms with Crippen molar-refractivity contribution in [1.29, 1.82) is 0 Å². The quantitative estimate of drug-likeness (QED) is 0.659. The third-order valence-corrected chi connectivity index (χ3v) is 3.24. The molecule has 0 aromatic heterocycles. The van der Waals surface area contributed by atoms with Gasteiger partial charge in [0.25, 0.3) is 0 Å². The molecule has 0 radical (unpaired) electrons. The van der Waals surface area contributed by atoms with E-state index in [2.05, 4.69) is 0 Å². The summed E-state index contributed by atoms with van der Waals surface area (Å²) in [5.74, 6) is -2.02. The lowest BCUT2D eigenvalue weighted by atomic mass is 10.0. The molecule has 0 aliphatic carbocycles. The Morgan fingerprint density at radius 1 is 1.53 bits per heavy atom. The number of carbonyl (C=O) groups is 2. The van der Waals surface area contributed by atoms with E-state index >= 15 is 0 Å². The number of hydrogen-bond donors (Lipinski definition) is 2. The van der Waals surface area contributed by atoms with E-state index < -0.39 is 11.9 Å². The van der Waals surface area contributed by atoms with E-state index in [0.717, 1.165) is 0 Å². The van der Waals surface area contributed by atoms with Crippen LogP contribution < -0.4 is 5.73 Å². The maximum Gasteiger partial charge on any atom is 0.310 e. The summed E-state index contributed by atoms with van der Waals surface area (Å²) < 4.78 is 5.22. The molecule has 1 fully saturated rings. The van der Waals surface area contributed by atoms with Crippen LogP contribution in [0, 0.1) is 11.8 Å². The largest absolute Gasteiger partial charge is 0.481 e. The zero-order valence-electron chi connectivity index (χ0n) is 10.3. The first-order chi connectivity index (χ1) is 7.97. The first-order valence-electron chi connectivity index (χ1n) is 5.81. The van der Waals surface area contributed by atoms with Crippen molar-refractivity contribution in [2.75, 3.05) is 26.3 Å². The Morgan fingerprint density at radius 2 is 2.18 bits per heavy atom. The van der Waals surface area contributed by atoms with Crippen LogP contribution in [0.4, 0.5) is 0 Å². The molecule has 17 heavy (non-hydrogen) atoms. The Labute approximate surface area is 101 Å². The zero-order valence-corrected chi connectivity index (χ0v) is 10.3.